The first-order valence-corrected chi connectivity index (χ1v) is 8.13. The topological polar surface area (TPSA) is 66.6 Å². The minimum absolute atomic E-state index is 0.363. The molecule has 0 aliphatic rings. The fourth-order valence-electron chi connectivity index (χ4n) is 2.03. The van der Waals surface area contributed by atoms with Gasteiger partial charge in [-0.25, -0.2) is 12.7 Å². The van der Waals surface area contributed by atoms with Crippen LogP contribution in [0.15, 0.2) is 23.1 Å². The van der Waals surface area contributed by atoms with Gasteiger partial charge in [0, 0.05) is 20.1 Å². The lowest BCUT2D eigenvalue weighted by Crippen LogP contribution is -2.30. The van der Waals surface area contributed by atoms with Gasteiger partial charge in [0.25, 0.3) is 0 Å². The maximum atomic E-state index is 12.5. The van der Waals surface area contributed by atoms with Crippen LogP contribution in [0.4, 0.5) is 0 Å². The van der Waals surface area contributed by atoms with Gasteiger partial charge >= 0.3 is 0 Å². The molecule has 0 radical (unpaired) electrons. The van der Waals surface area contributed by atoms with Crippen LogP contribution in [0.5, 0.6) is 0 Å². The molecule has 0 aliphatic carbocycles. The summed E-state index contributed by atoms with van der Waals surface area (Å²) < 4.78 is 26.4. The number of hydrogen-bond donors (Lipinski definition) is 1. The number of nitrogens with zero attached hydrogens (tertiary/aromatic N) is 2. The van der Waals surface area contributed by atoms with E-state index in [-0.39, 0.29) is 0 Å². The van der Waals surface area contributed by atoms with Crippen molar-refractivity contribution in [2.75, 3.05) is 34.2 Å². The highest BCUT2D eigenvalue weighted by Gasteiger charge is 2.22. The summed E-state index contributed by atoms with van der Waals surface area (Å²) in [5.41, 5.74) is 7.25. The standard InChI is InChI=1S/C14H25N3O2S/c1-12-10-13(11-15)6-7-14(12)20(18,19)17(4)9-5-8-16(2)3/h6-7,10H,5,8-9,11,15H2,1-4H3. The Labute approximate surface area is 122 Å². The number of benzene rings is 1. The van der Waals surface area contributed by atoms with E-state index in [1.807, 2.05) is 25.1 Å². The van der Waals surface area contributed by atoms with Crippen LogP contribution in [0.2, 0.25) is 0 Å². The van der Waals surface area contributed by atoms with E-state index in [1.54, 1.807) is 26.1 Å². The van der Waals surface area contributed by atoms with Gasteiger partial charge in [0.15, 0.2) is 0 Å². The lowest BCUT2D eigenvalue weighted by atomic mass is 10.1. The molecule has 0 spiro atoms. The Morgan fingerprint density at radius 3 is 2.30 bits per heavy atom. The van der Waals surface area contributed by atoms with Crippen molar-refractivity contribution in [2.24, 2.45) is 5.73 Å². The smallest absolute Gasteiger partial charge is 0.243 e. The highest BCUT2D eigenvalue weighted by atomic mass is 32.2. The Morgan fingerprint density at radius 2 is 1.80 bits per heavy atom. The first-order valence-electron chi connectivity index (χ1n) is 6.69. The van der Waals surface area contributed by atoms with Crippen LogP contribution in [0.25, 0.3) is 0 Å². The Hall–Kier alpha value is -0.950. The Bertz CT molecular complexity index is 541. The van der Waals surface area contributed by atoms with Gasteiger partial charge in [0.05, 0.1) is 4.90 Å². The van der Waals surface area contributed by atoms with E-state index in [2.05, 4.69) is 0 Å². The summed E-state index contributed by atoms with van der Waals surface area (Å²) in [6, 6.07) is 5.25. The van der Waals surface area contributed by atoms with Crippen molar-refractivity contribution in [3.05, 3.63) is 29.3 Å². The molecule has 0 saturated heterocycles. The lowest BCUT2D eigenvalue weighted by Gasteiger charge is -2.20. The van der Waals surface area contributed by atoms with Gasteiger partial charge in [-0.05, 0) is 51.2 Å². The van der Waals surface area contributed by atoms with Crippen molar-refractivity contribution >= 4 is 10.0 Å². The fraction of sp³-hybridized carbons (Fsp3) is 0.571. The van der Waals surface area contributed by atoms with Gasteiger partial charge in [-0.15, -0.1) is 0 Å². The van der Waals surface area contributed by atoms with Crippen LogP contribution in [-0.4, -0.2) is 51.9 Å². The van der Waals surface area contributed by atoms with Crippen LogP contribution >= 0.6 is 0 Å². The van der Waals surface area contributed by atoms with Crippen molar-refractivity contribution in [3.63, 3.8) is 0 Å². The number of rotatable bonds is 7. The van der Waals surface area contributed by atoms with Gasteiger partial charge in [-0.2, -0.15) is 0 Å². The van der Waals surface area contributed by atoms with Crippen LogP contribution in [0.1, 0.15) is 17.5 Å². The molecule has 2 N–H and O–H groups in total. The Balaban J connectivity index is 2.87. The molecule has 1 aromatic carbocycles. The average molecular weight is 299 g/mol. The molecule has 1 aromatic rings. The molecule has 0 aromatic heterocycles. The number of sulfonamides is 1. The minimum atomic E-state index is -3.42. The molecule has 0 heterocycles. The van der Waals surface area contributed by atoms with Gasteiger partial charge in [-0.1, -0.05) is 12.1 Å². The van der Waals surface area contributed by atoms with E-state index in [9.17, 15) is 8.42 Å². The normalized spacial score (nSPS) is 12.3. The molecular formula is C14H25N3O2S. The zero-order valence-corrected chi connectivity index (χ0v) is 13.6. The van der Waals surface area contributed by atoms with Crippen LogP contribution in [-0.2, 0) is 16.6 Å². The predicted molar refractivity (Wildman–Crippen MR) is 82.1 cm³/mol. The molecule has 0 atom stereocenters. The molecule has 0 fully saturated rings. The molecule has 0 unspecified atom stereocenters. The molecule has 1 rings (SSSR count). The van der Waals surface area contributed by atoms with Crippen molar-refractivity contribution in [2.45, 2.75) is 24.8 Å². The third-order valence-electron chi connectivity index (χ3n) is 3.24. The first kappa shape index (κ1) is 17.1. The average Bonchev–Trinajstić information content (AvgIpc) is 2.37. The van der Waals surface area contributed by atoms with E-state index in [0.29, 0.717) is 18.0 Å². The van der Waals surface area contributed by atoms with Crippen molar-refractivity contribution in [3.8, 4) is 0 Å². The molecule has 6 heteroatoms. The predicted octanol–water partition coefficient (Wildman–Crippen LogP) is 1.03. The van der Waals surface area contributed by atoms with E-state index in [4.69, 9.17) is 5.73 Å². The van der Waals surface area contributed by atoms with Crippen LogP contribution in [0, 0.1) is 6.92 Å². The van der Waals surface area contributed by atoms with Gasteiger partial charge in [0.2, 0.25) is 10.0 Å². The summed E-state index contributed by atoms with van der Waals surface area (Å²) in [4.78, 5) is 2.41. The molecule has 0 saturated carbocycles. The molecule has 5 nitrogen and oxygen atoms in total. The molecule has 20 heavy (non-hydrogen) atoms. The Kier molecular flexibility index (Phi) is 6.13. The largest absolute Gasteiger partial charge is 0.326 e. The lowest BCUT2D eigenvalue weighted by molar-refractivity contribution is 0.370. The molecular weight excluding hydrogens is 274 g/mol. The fourth-order valence-corrected chi connectivity index (χ4v) is 3.44. The first-order chi connectivity index (χ1) is 9.28. The summed E-state index contributed by atoms with van der Waals surface area (Å²) in [6.45, 7) is 3.60. The second-order valence-corrected chi connectivity index (χ2v) is 7.30. The summed E-state index contributed by atoms with van der Waals surface area (Å²) in [5.74, 6) is 0. The third-order valence-corrected chi connectivity index (χ3v) is 5.26. The second kappa shape index (κ2) is 7.17. The van der Waals surface area contributed by atoms with E-state index in [1.165, 1.54) is 4.31 Å². The highest BCUT2D eigenvalue weighted by molar-refractivity contribution is 7.89. The van der Waals surface area contributed by atoms with E-state index in [0.717, 1.165) is 24.1 Å². The summed E-state index contributed by atoms with van der Waals surface area (Å²) in [7, 11) is 2.16. The number of hydrogen-bond acceptors (Lipinski definition) is 4. The van der Waals surface area contributed by atoms with Crippen molar-refractivity contribution < 1.29 is 8.42 Å². The van der Waals surface area contributed by atoms with Gasteiger partial charge < -0.3 is 10.6 Å². The highest BCUT2D eigenvalue weighted by Crippen LogP contribution is 2.20. The SMILES string of the molecule is Cc1cc(CN)ccc1S(=O)(=O)N(C)CCCN(C)C. The molecule has 0 aliphatic heterocycles. The summed E-state index contributed by atoms with van der Waals surface area (Å²) in [5, 5.41) is 0. The molecule has 114 valence electrons. The molecule has 0 bridgehead atoms. The maximum Gasteiger partial charge on any atom is 0.243 e. The monoisotopic (exact) mass is 299 g/mol. The van der Waals surface area contributed by atoms with E-state index >= 15 is 0 Å². The van der Waals surface area contributed by atoms with Gasteiger partial charge in [0.1, 0.15) is 0 Å². The third kappa shape index (κ3) is 4.28. The van der Waals surface area contributed by atoms with Gasteiger partial charge in [-0.3, -0.25) is 0 Å². The summed E-state index contributed by atoms with van der Waals surface area (Å²) >= 11 is 0. The number of nitrogens with two attached hydrogens (primary N) is 1. The van der Waals surface area contributed by atoms with Crippen molar-refractivity contribution in [1.29, 1.82) is 0 Å². The Morgan fingerprint density at radius 1 is 1.15 bits per heavy atom. The quantitative estimate of drug-likeness (QED) is 0.816. The van der Waals surface area contributed by atoms with Crippen molar-refractivity contribution in [1.82, 2.24) is 9.21 Å². The zero-order valence-electron chi connectivity index (χ0n) is 12.8. The molecule has 0 amide bonds. The summed E-state index contributed by atoms with van der Waals surface area (Å²) in [6.07, 6.45) is 0.808. The second-order valence-electron chi connectivity index (χ2n) is 5.29. The minimum Gasteiger partial charge on any atom is -0.326 e. The van der Waals surface area contributed by atoms with Crippen LogP contribution < -0.4 is 5.73 Å². The van der Waals surface area contributed by atoms with E-state index < -0.39 is 10.0 Å². The maximum absolute atomic E-state index is 12.5. The number of aryl methyl sites for hydroxylation is 1. The van der Waals surface area contributed by atoms with Crippen LogP contribution in [0.3, 0.4) is 0 Å². The zero-order chi connectivity index (χ0) is 15.3.